The second-order valence-electron chi connectivity index (χ2n) is 3.74. The number of carbonyl (C=O) groups is 1. The van der Waals surface area contributed by atoms with Crippen LogP contribution in [-0.2, 0) is 6.54 Å². The number of halogens is 1. The molecule has 0 atom stereocenters. The maximum Gasteiger partial charge on any atom is 0.253 e. The quantitative estimate of drug-likeness (QED) is 0.868. The van der Waals surface area contributed by atoms with Crippen molar-refractivity contribution in [2.75, 3.05) is 0 Å². The molecule has 1 heterocycles. The molecule has 0 saturated heterocycles. The highest BCUT2D eigenvalue weighted by atomic mass is 19.1. The van der Waals surface area contributed by atoms with E-state index < -0.39 is 11.7 Å². The summed E-state index contributed by atoms with van der Waals surface area (Å²) >= 11 is 0. The Hall–Kier alpha value is -2.43. The molecule has 0 saturated carbocycles. The minimum Gasteiger partial charge on any atom is -0.508 e. The molecule has 0 unspecified atom stereocenters. The number of hydrogen-bond donors (Lipinski definition) is 2. The third-order valence-electron chi connectivity index (χ3n) is 2.33. The molecule has 92 valence electrons. The lowest BCUT2D eigenvalue weighted by Gasteiger charge is -2.05. The molecule has 0 radical (unpaired) electrons. The van der Waals surface area contributed by atoms with Gasteiger partial charge in [-0.2, -0.15) is 0 Å². The van der Waals surface area contributed by atoms with Crippen LogP contribution in [0.15, 0.2) is 42.7 Å². The lowest BCUT2D eigenvalue weighted by Crippen LogP contribution is -2.23. The Morgan fingerprint density at radius 3 is 2.89 bits per heavy atom. The van der Waals surface area contributed by atoms with E-state index in [4.69, 9.17) is 0 Å². The summed E-state index contributed by atoms with van der Waals surface area (Å²) in [7, 11) is 0. The van der Waals surface area contributed by atoms with E-state index in [2.05, 4.69) is 10.3 Å². The number of phenolic OH excluding ortho intramolecular Hbond substituents is 1. The molecule has 1 amide bonds. The lowest BCUT2D eigenvalue weighted by atomic mass is 10.2. The van der Waals surface area contributed by atoms with Gasteiger partial charge in [-0.05, 0) is 23.8 Å². The molecule has 1 aromatic heterocycles. The highest BCUT2D eigenvalue weighted by molar-refractivity contribution is 5.93. The van der Waals surface area contributed by atoms with Gasteiger partial charge in [0.2, 0.25) is 0 Å². The van der Waals surface area contributed by atoms with Crippen LogP contribution in [0.5, 0.6) is 5.75 Å². The third kappa shape index (κ3) is 3.04. The molecular formula is C13H11FN2O2. The smallest absolute Gasteiger partial charge is 0.253 e. The molecule has 2 aromatic rings. The van der Waals surface area contributed by atoms with Crippen molar-refractivity contribution < 1.29 is 14.3 Å². The van der Waals surface area contributed by atoms with Crippen LogP contribution >= 0.6 is 0 Å². The number of nitrogens with one attached hydrogen (secondary N) is 1. The van der Waals surface area contributed by atoms with Crippen molar-refractivity contribution >= 4 is 5.91 Å². The Morgan fingerprint density at radius 2 is 2.17 bits per heavy atom. The number of pyridine rings is 1. The Balaban J connectivity index is 2.00. The van der Waals surface area contributed by atoms with Gasteiger partial charge in [0, 0.05) is 12.7 Å². The topological polar surface area (TPSA) is 62.2 Å². The van der Waals surface area contributed by atoms with Gasteiger partial charge in [0.05, 0.1) is 11.8 Å². The van der Waals surface area contributed by atoms with Gasteiger partial charge in [-0.25, -0.2) is 4.39 Å². The molecule has 0 bridgehead atoms. The Labute approximate surface area is 103 Å². The van der Waals surface area contributed by atoms with Crippen LogP contribution in [0.25, 0.3) is 0 Å². The molecule has 0 aliphatic carbocycles. The van der Waals surface area contributed by atoms with Gasteiger partial charge in [-0.3, -0.25) is 9.78 Å². The first-order chi connectivity index (χ1) is 8.65. The molecule has 2 N–H and O–H groups in total. The summed E-state index contributed by atoms with van der Waals surface area (Å²) in [6.45, 7) is 0.254. The summed E-state index contributed by atoms with van der Waals surface area (Å²) in [5, 5.41) is 11.9. The first-order valence-electron chi connectivity index (χ1n) is 5.32. The molecular weight excluding hydrogens is 235 g/mol. The van der Waals surface area contributed by atoms with Gasteiger partial charge < -0.3 is 10.4 Å². The van der Waals surface area contributed by atoms with Crippen LogP contribution in [0.2, 0.25) is 0 Å². The molecule has 4 nitrogen and oxygen atoms in total. The van der Waals surface area contributed by atoms with Crippen LogP contribution in [0.3, 0.4) is 0 Å². The van der Waals surface area contributed by atoms with Crippen molar-refractivity contribution in [3.63, 3.8) is 0 Å². The second-order valence-corrected chi connectivity index (χ2v) is 3.74. The highest BCUT2D eigenvalue weighted by Gasteiger charge is 2.06. The zero-order valence-corrected chi connectivity index (χ0v) is 9.43. The van der Waals surface area contributed by atoms with Crippen LogP contribution in [0.1, 0.15) is 15.9 Å². The summed E-state index contributed by atoms with van der Waals surface area (Å²) in [5.74, 6) is -0.834. The SMILES string of the molecule is O=C(NCc1cccc(O)c1)c1cncc(F)c1. The predicted octanol–water partition coefficient (Wildman–Crippen LogP) is 1.86. The Morgan fingerprint density at radius 1 is 1.33 bits per heavy atom. The number of rotatable bonds is 3. The van der Waals surface area contributed by atoms with Crippen LogP contribution < -0.4 is 5.32 Å². The number of carbonyl (C=O) groups excluding carboxylic acids is 1. The molecule has 0 fully saturated rings. The normalized spacial score (nSPS) is 10.1. The summed E-state index contributed by atoms with van der Waals surface area (Å²) in [4.78, 5) is 15.3. The summed E-state index contributed by atoms with van der Waals surface area (Å²) in [5.41, 5.74) is 0.919. The van der Waals surface area contributed by atoms with E-state index in [1.54, 1.807) is 24.3 Å². The standard InChI is InChI=1S/C13H11FN2O2/c14-11-5-10(7-15-8-11)13(18)16-6-9-2-1-3-12(17)4-9/h1-5,7-8,17H,6H2,(H,16,18). The van der Waals surface area contributed by atoms with E-state index >= 15 is 0 Å². The maximum absolute atomic E-state index is 12.9. The number of benzene rings is 1. The number of hydrogen-bond acceptors (Lipinski definition) is 3. The molecule has 18 heavy (non-hydrogen) atoms. The summed E-state index contributed by atoms with van der Waals surface area (Å²) in [6.07, 6.45) is 2.33. The number of amides is 1. The maximum atomic E-state index is 12.9. The third-order valence-corrected chi connectivity index (χ3v) is 2.33. The second kappa shape index (κ2) is 5.27. The summed E-state index contributed by atoms with van der Waals surface area (Å²) < 4.78 is 12.9. The largest absolute Gasteiger partial charge is 0.508 e. The van der Waals surface area contributed by atoms with Crippen molar-refractivity contribution in [3.8, 4) is 5.75 Å². The zero-order chi connectivity index (χ0) is 13.0. The fourth-order valence-corrected chi connectivity index (χ4v) is 1.49. The molecule has 2 rings (SSSR count). The fraction of sp³-hybridized carbons (Fsp3) is 0.0769. The van der Waals surface area contributed by atoms with Gasteiger partial charge in [0.1, 0.15) is 11.6 Å². The number of nitrogens with zero attached hydrogens (tertiary/aromatic N) is 1. The first-order valence-corrected chi connectivity index (χ1v) is 5.32. The predicted molar refractivity (Wildman–Crippen MR) is 63.5 cm³/mol. The monoisotopic (exact) mass is 246 g/mol. The molecule has 1 aromatic carbocycles. The fourth-order valence-electron chi connectivity index (χ4n) is 1.49. The Kier molecular flexibility index (Phi) is 3.52. The average Bonchev–Trinajstić information content (AvgIpc) is 2.36. The first kappa shape index (κ1) is 12.0. The zero-order valence-electron chi connectivity index (χ0n) is 9.43. The van der Waals surface area contributed by atoms with E-state index in [1.165, 1.54) is 6.20 Å². The van der Waals surface area contributed by atoms with Crippen molar-refractivity contribution in [1.29, 1.82) is 0 Å². The van der Waals surface area contributed by atoms with Crippen molar-refractivity contribution in [2.24, 2.45) is 0 Å². The van der Waals surface area contributed by atoms with Gasteiger partial charge >= 0.3 is 0 Å². The molecule has 0 aliphatic heterocycles. The van der Waals surface area contributed by atoms with Crippen LogP contribution in [-0.4, -0.2) is 16.0 Å². The molecule has 0 aliphatic rings. The van der Waals surface area contributed by atoms with E-state index in [1.807, 2.05) is 0 Å². The highest BCUT2D eigenvalue weighted by Crippen LogP contribution is 2.10. The van der Waals surface area contributed by atoms with Crippen molar-refractivity contribution in [2.45, 2.75) is 6.54 Å². The minimum absolute atomic E-state index is 0.133. The summed E-state index contributed by atoms with van der Waals surface area (Å²) in [6, 6.07) is 7.65. The van der Waals surface area contributed by atoms with E-state index in [0.717, 1.165) is 17.8 Å². The number of aromatic nitrogens is 1. The lowest BCUT2D eigenvalue weighted by molar-refractivity contribution is 0.0950. The number of aromatic hydroxyl groups is 1. The van der Waals surface area contributed by atoms with E-state index in [0.29, 0.717) is 0 Å². The van der Waals surface area contributed by atoms with Gasteiger partial charge in [-0.1, -0.05) is 12.1 Å². The van der Waals surface area contributed by atoms with E-state index in [-0.39, 0.29) is 17.9 Å². The van der Waals surface area contributed by atoms with Gasteiger partial charge in [0.25, 0.3) is 5.91 Å². The van der Waals surface area contributed by atoms with Gasteiger partial charge in [-0.15, -0.1) is 0 Å². The molecule has 5 heteroatoms. The average molecular weight is 246 g/mol. The molecule has 0 spiro atoms. The van der Waals surface area contributed by atoms with E-state index in [9.17, 15) is 14.3 Å². The minimum atomic E-state index is -0.556. The van der Waals surface area contributed by atoms with Crippen molar-refractivity contribution in [3.05, 3.63) is 59.7 Å². The number of phenols is 1. The van der Waals surface area contributed by atoms with Crippen LogP contribution in [0.4, 0.5) is 4.39 Å². The van der Waals surface area contributed by atoms with Gasteiger partial charge in [0.15, 0.2) is 0 Å². The van der Waals surface area contributed by atoms with Crippen LogP contribution in [0, 0.1) is 5.82 Å². The Bertz CT molecular complexity index is 572. The van der Waals surface area contributed by atoms with Crippen molar-refractivity contribution in [1.82, 2.24) is 10.3 Å².